The van der Waals surface area contributed by atoms with Crippen molar-refractivity contribution in [3.63, 3.8) is 0 Å². The molecule has 1 aromatic heterocycles. The minimum atomic E-state index is -0.338. The SMILES string of the molecule is Cc1nn(Cc2ccccc2)c(Cl)c1/C=N/NC(=O)Cc1ccc(F)cc1. The van der Waals surface area contributed by atoms with Gasteiger partial charge in [0.05, 0.1) is 30.4 Å². The lowest BCUT2D eigenvalue weighted by Gasteiger charge is -2.03. The number of rotatable bonds is 6. The molecular weight excluding hydrogens is 367 g/mol. The number of hydrogen-bond donors (Lipinski definition) is 1. The lowest BCUT2D eigenvalue weighted by atomic mass is 10.1. The number of nitrogens with one attached hydrogen (secondary N) is 1. The Balaban J connectivity index is 1.63. The molecule has 1 heterocycles. The number of hydrazone groups is 1. The van der Waals surface area contributed by atoms with Gasteiger partial charge in [0.15, 0.2) is 0 Å². The number of carbonyl (C=O) groups is 1. The molecule has 2 aromatic carbocycles. The van der Waals surface area contributed by atoms with Crippen molar-refractivity contribution >= 4 is 23.7 Å². The highest BCUT2D eigenvalue weighted by Gasteiger charge is 2.12. The Hall–Kier alpha value is -2.99. The lowest BCUT2D eigenvalue weighted by Crippen LogP contribution is -2.19. The Morgan fingerprint density at radius 2 is 1.89 bits per heavy atom. The fourth-order valence-electron chi connectivity index (χ4n) is 2.57. The van der Waals surface area contributed by atoms with Crippen molar-refractivity contribution in [3.05, 3.63) is 88.0 Å². The molecule has 7 heteroatoms. The zero-order valence-electron chi connectivity index (χ0n) is 14.7. The first-order valence-corrected chi connectivity index (χ1v) is 8.74. The van der Waals surface area contributed by atoms with Crippen LogP contribution in [0.1, 0.15) is 22.4 Å². The highest BCUT2D eigenvalue weighted by atomic mass is 35.5. The van der Waals surface area contributed by atoms with E-state index in [1.54, 1.807) is 16.8 Å². The molecule has 0 radical (unpaired) electrons. The maximum Gasteiger partial charge on any atom is 0.244 e. The number of halogens is 2. The molecule has 0 saturated carbocycles. The summed E-state index contributed by atoms with van der Waals surface area (Å²) >= 11 is 6.40. The van der Waals surface area contributed by atoms with Crippen molar-refractivity contribution in [2.24, 2.45) is 5.10 Å². The number of hydrogen-bond acceptors (Lipinski definition) is 3. The van der Waals surface area contributed by atoms with Gasteiger partial charge in [0.2, 0.25) is 5.91 Å². The van der Waals surface area contributed by atoms with Crippen molar-refractivity contribution in [2.45, 2.75) is 19.9 Å². The summed E-state index contributed by atoms with van der Waals surface area (Å²) in [6.07, 6.45) is 1.59. The number of benzene rings is 2. The lowest BCUT2D eigenvalue weighted by molar-refractivity contribution is -0.120. The van der Waals surface area contributed by atoms with E-state index in [1.165, 1.54) is 18.3 Å². The standard InChI is InChI=1S/C20H18ClFN4O/c1-14-18(20(21)26(25-14)13-16-5-3-2-4-6-16)12-23-24-19(27)11-15-7-9-17(22)10-8-15/h2-10,12H,11,13H2,1H3,(H,24,27)/b23-12+. The van der Waals surface area contributed by atoms with Crippen molar-refractivity contribution in [1.82, 2.24) is 15.2 Å². The molecule has 3 aromatic rings. The summed E-state index contributed by atoms with van der Waals surface area (Å²) in [5.41, 5.74) is 5.60. The zero-order chi connectivity index (χ0) is 19.2. The average molecular weight is 385 g/mol. The van der Waals surface area contributed by atoms with E-state index in [9.17, 15) is 9.18 Å². The molecule has 27 heavy (non-hydrogen) atoms. The van der Waals surface area contributed by atoms with Gasteiger partial charge < -0.3 is 0 Å². The Morgan fingerprint density at radius 3 is 2.59 bits per heavy atom. The minimum absolute atomic E-state index is 0.109. The third kappa shape index (κ3) is 5.01. The number of amides is 1. The topological polar surface area (TPSA) is 59.3 Å². The second kappa shape index (κ2) is 8.60. The zero-order valence-corrected chi connectivity index (χ0v) is 15.4. The Labute approximate surface area is 161 Å². The van der Waals surface area contributed by atoms with E-state index in [-0.39, 0.29) is 18.1 Å². The quantitative estimate of drug-likeness (QED) is 0.520. The van der Waals surface area contributed by atoms with Crippen LogP contribution in [-0.4, -0.2) is 21.9 Å². The molecule has 0 unspecified atom stereocenters. The van der Waals surface area contributed by atoms with Crippen LogP contribution in [0.25, 0.3) is 0 Å². The molecule has 0 saturated heterocycles. The maximum atomic E-state index is 12.9. The monoisotopic (exact) mass is 384 g/mol. The van der Waals surface area contributed by atoms with Crippen LogP contribution in [0, 0.1) is 12.7 Å². The summed E-state index contributed by atoms with van der Waals surface area (Å²) in [7, 11) is 0. The first kappa shape index (κ1) is 18.8. The molecule has 0 aliphatic heterocycles. The first-order chi connectivity index (χ1) is 13.0. The van der Waals surface area contributed by atoms with Gasteiger partial charge in [0, 0.05) is 0 Å². The van der Waals surface area contributed by atoms with Crippen molar-refractivity contribution in [1.29, 1.82) is 0 Å². The molecule has 0 bridgehead atoms. The fourth-order valence-corrected chi connectivity index (χ4v) is 2.85. The van der Waals surface area contributed by atoms with E-state index < -0.39 is 0 Å². The highest BCUT2D eigenvalue weighted by Crippen LogP contribution is 2.19. The molecule has 0 aliphatic carbocycles. The van der Waals surface area contributed by atoms with E-state index in [4.69, 9.17) is 11.6 Å². The summed E-state index contributed by atoms with van der Waals surface area (Å²) < 4.78 is 14.6. The van der Waals surface area contributed by atoms with E-state index in [0.717, 1.165) is 5.56 Å². The van der Waals surface area contributed by atoms with Gasteiger partial charge in [0.25, 0.3) is 0 Å². The summed E-state index contributed by atoms with van der Waals surface area (Å²) in [5.74, 6) is -0.641. The van der Waals surface area contributed by atoms with E-state index in [0.29, 0.717) is 28.5 Å². The van der Waals surface area contributed by atoms with Crippen LogP contribution in [-0.2, 0) is 17.8 Å². The predicted molar refractivity (Wildman–Crippen MR) is 103 cm³/mol. The van der Waals surface area contributed by atoms with Gasteiger partial charge in [0.1, 0.15) is 11.0 Å². The third-order valence-corrected chi connectivity index (χ3v) is 4.34. The maximum absolute atomic E-state index is 12.9. The molecular formula is C20H18ClFN4O. The van der Waals surface area contributed by atoms with Gasteiger partial charge in [-0.05, 0) is 30.2 Å². The van der Waals surface area contributed by atoms with Crippen LogP contribution < -0.4 is 5.43 Å². The van der Waals surface area contributed by atoms with Crippen LogP contribution in [0.3, 0.4) is 0 Å². The normalized spacial score (nSPS) is 11.1. The Bertz CT molecular complexity index is 952. The van der Waals surface area contributed by atoms with Crippen LogP contribution in [0.5, 0.6) is 0 Å². The Morgan fingerprint density at radius 1 is 1.19 bits per heavy atom. The average Bonchev–Trinajstić information content (AvgIpc) is 2.92. The molecule has 0 aliphatic rings. The van der Waals surface area contributed by atoms with E-state index in [1.807, 2.05) is 37.3 Å². The molecule has 0 atom stereocenters. The second-order valence-corrected chi connectivity index (χ2v) is 6.39. The number of aromatic nitrogens is 2. The summed E-state index contributed by atoms with van der Waals surface area (Å²) in [4.78, 5) is 11.9. The van der Waals surface area contributed by atoms with Gasteiger partial charge in [-0.1, -0.05) is 54.1 Å². The first-order valence-electron chi connectivity index (χ1n) is 8.36. The molecule has 3 rings (SSSR count). The molecule has 5 nitrogen and oxygen atoms in total. The second-order valence-electron chi connectivity index (χ2n) is 6.03. The van der Waals surface area contributed by atoms with Crippen molar-refractivity contribution in [2.75, 3.05) is 0 Å². The van der Waals surface area contributed by atoms with Gasteiger partial charge in [-0.2, -0.15) is 10.2 Å². The van der Waals surface area contributed by atoms with Gasteiger partial charge >= 0.3 is 0 Å². The largest absolute Gasteiger partial charge is 0.273 e. The van der Waals surface area contributed by atoms with Gasteiger partial charge in [-0.3, -0.25) is 4.79 Å². The smallest absolute Gasteiger partial charge is 0.244 e. The molecule has 0 fully saturated rings. The van der Waals surface area contributed by atoms with E-state index in [2.05, 4.69) is 15.6 Å². The van der Waals surface area contributed by atoms with Crippen LogP contribution >= 0.6 is 11.6 Å². The van der Waals surface area contributed by atoms with Crippen LogP contribution in [0.2, 0.25) is 5.15 Å². The van der Waals surface area contributed by atoms with Crippen molar-refractivity contribution in [3.8, 4) is 0 Å². The third-order valence-electron chi connectivity index (χ3n) is 3.95. The predicted octanol–water partition coefficient (Wildman–Crippen LogP) is 3.73. The minimum Gasteiger partial charge on any atom is -0.273 e. The summed E-state index contributed by atoms with van der Waals surface area (Å²) in [5, 5.41) is 8.84. The highest BCUT2D eigenvalue weighted by molar-refractivity contribution is 6.32. The van der Waals surface area contributed by atoms with Gasteiger partial charge in [-0.15, -0.1) is 0 Å². The molecule has 0 spiro atoms. The fraction of sp³-hybridized carbons (Fsp3) is 0.150. The van der Waals surface area contributed by atoms with Crippen LogP contribution in [0.15, 0.2) is 59.7 Å². The van der Waals surface area contributed by atoms with E-state index >= 15 is 0 Å². The van der Waals surface area contributed by atoms with Crippen molar-refractivity contribution < 1.29 is 9.18 Å². The summed E-state index contributed by atoms with van der Waals surface area (Å²) in [6, 6.07) is 15.6. The Kier molecular flexibility index (Phi) is 5.98. The van der Waals surface area contributed by atoms with Gasteiger partial charge in [-0.25, -0.2) is 14.5 Å². The summed E-state index contributed by atoms with van der Waals surface area (Å²) in [6.45, 7) is 2.38. The molecule has 1 amide bonds. The molecule has 138 valence electrons. The number of nitrogens with zero attached hydrogens (tertiary/aromatic N) is 3. The number of carbonyl (C=O) groups excluding carboxylic acids is 1. The van der Waals surface area contributed by atoms with Crippen LogP contribution in [0.4, 0.5) is 4.39 Å². The number of aryl methyl sites for hydroxylation is 1. The molecule has 1 N–H and O–H groups in total.